The SMILES string of the molecule is Cc1cc(N)cc([C@@H]2CN(C(=O)CN(C)Cc3cccnc3)CCO2)n1. The van der Waals surface area contributed by atoms with Gasteiger partial charge in [-0.05, 0) is 37.7 Å². The Morgan fingerprint density at radius 1 is 1.46 bits per heavy atom. The van der Waals surface area contributed by atoms with Crippen molar-refractivity contribution in [3.63, 3.8) is 0 Å². The third kappa shape index (κ3) is 4.77. The highest BCUT2D eigenvalue weighted by atomic mass is 16.5. The first-order chi connectivity index (χ1) is 12.5. The van der Waals surface area contributed by atoms with Crippen LogP contribution < -0.4 is 5.73 Å². The van der Waals surface area contributed by atoms with Gasteiger partial charge in [-0.25, -0.2) is 0 Å². The van der Waals surface area contributed by atoms with Crippen LogP contribution in [0, 0.1) is 6.92 Å². The van der Waals surface area contributed by atoms with E-state index in [-0.39, 0.29) is 12.0 Å². The number of likely N-dealkylation sites (N-methyl/N-ethyl adjacent to an activating group) is 1. The smallest absolute Gasteiger partial charge is 0.236 e. The van der Waals surface area contributed by atoms with Gasteiger partial charge in [0.25, 0.3) is 0 Å². The average Bonchev–Trinajstić information content (AvgIpc) is 2.61. The Balaban J connectivity index is 1.59. The van der Waals surface area contributed by atoms with E-state index in [2.05, 4.69) is 9.97 Å². The molecule has 1 aliphatic heterocycles. The fourth-order valence-electron chi connectivity index (χ4n) is 3.13. The van der Waals surface area contributed by atoms with Gasteiger partial charge in [-0.2, -0.15) is 0 Å². The van der Waals surface area contributed by atoms with Crippen LogP contribution >= 0.6 is 0 Å². The molecule has 1 saturated heterocycles. The van der Waals surface area contributed by atoms with Crippen molar-refractivity contribution >= 4 is 11.6 Å². The van der Waals surface area contributed by atoms with Crippen molar-refractivity contribution in [3.05, 3.63) is 53.6 Å². The summed E-state index contributed by atoms with van der Waals surface area (Å²) in [7, 11) is 1.94. The fourth-order valence-corrected chi connectivity index (χ4v) is 3.13. The molecule has 0 aliphatic carbocycles. The number of amides is 1. The number of rotatable bonds is 5. The van der Waals surface area contributed by atoms with E-state index >= 15 is 0 Å². The summed E-state index contributed by atoms with van der Waals surface area (Å²) in [6, 6.07) is 7.55. The zero-order valence-corrected chi connectivity index (χ0v) is 15.3. The number of carbonyl (C=O) groups excluding carboxylic acids is 1. The van der Waals surface area contributed by atoms with Crippen molar-refractivity contribution in [2.45, 2.75) is 19.6 Å². The summed E-state index contributed by atoms with van der Waals surface area (Å²) in [5, 5.41) is 0. The lowest BCUT2D eigenvalue weighted by Gasteiger charge is -2.33. The molecule has 0 aromatic carbocycles. The fraction of sp³-hybridized carbons (Fsp3) is 0.421. The van der Waals surface area contributed by atoms with Crippen LogP contribution in [0.2, 0.25) is 0 Å². The van der Waals surface area contributed by atoms with Gasteiger partial charge in [-0.1, -0.05) is 6.07 Å². The van der Waals surface area contributed by atoms with E-state index in [0.717, 1.165) is 17.0 Å². The highest BCUT2D eigenvalue weighted by Crippen LogP contribution is 2.23. The van der Waals surface area contributed by atoms with Crippen molar-refractivity contribution in [3.8, 4) is 0 Å². The third-order valence-corrected chi connectivity index (χ3v) is 4.33. The molecular weight excluding hydrogens is 330 g/mol. The molecule has 3 heterocycles. The summed E-state index contributed by atoms with van der Waals surface area (Å²) in [5.74, 6) is 0.0883. The number of morpholine rings is 1. The molecule has 26 heavy (non-hydrogen) atoms. The van der Waals surface area contributed by atoms with Gasteiger partial charge in [0.05, 0.1) is 25.4 Å². The maximum atomic E-state index is 12.7. The van der Waals surface area contributed by atoms with E-state index in [1.807, 2.05) is 54.2 Å². The molecule has 2 aromatic heterocycles. The summed E-state index contributed by atoms with van der Waals surface area (Å²) >= 11 is 0. The summed E-state index contributed by atoms with van der Waals surface area (Å²) in [5.41, 5.74) is 9.29. The van der Waals surface area contributed by atoms with Crippen molar-refractivity contribution in [1.29, 1.82) is 0 Å². The average molecular weight is 355 g/mol. The molecule has 0 spiro atoms. The Morgan fingerprint density at radius 2 is 2.31 bits per heavy atom. The largest absolute Gasteiger partial charge is 0.399 e. The number of pyridine rings is 2. The van der Waals surface area contributed by atoms with Crippen molar-refractivity contribution in [2.75, 3.05) is 39.0 Å². The molecule has 7 nitrogen and oxygen atoms in total. The van der Waals surface area contributed by atoms with Crippen LogP contribution in [0.15, 0.2) is 36.7 Å². The summed E-state index contributed by atoms with van der Waals surface area (Å²) in [6.07, 6.45) is 3.33. The molecule has 2 aromatic rings. The van der Waals surface area contributed by atoms with Crippen LogP contribution in [0.3, 0.4) is 0 Å². The first-order valence-corrected chi connectivity index (χ1v) is 8.72. The summed E-state index contributed by atoms with van der Waals surface area (Å²) < 4.78 is 5.82. The van der Waals surface area contributed by atoms with Gasteiger partial charge < -0.3 is 15.4 Å². The molecule has 1 amide bonds. The number of anilines is 1. The lowest BCUT2D eigenvalue weighted by molar-refractivity contribution is -0.140. The number of nitrogens with zero attached hydrogens (tertiary/aromatic N) is 4. The topological polar surface area (TPSA) is 84.6 Å². The maximum absolute atomic E-state index is 12.7. The molecule has 7 heteroatoms. The molecule has 1 aliphatic rings. The summed E-state index contributed by atoms with van der Waals surface area (Å²) in [4.78, 5) is 25.1. The predicted molar refractivity (Wildman–Crippen MR) is 99.2 cm³/mol. The molecule has 1 atom stereocenters. The molecular formula is C19H25N5O2. The van der Waals surface area contributed by atoms with Gasteiger partial charge in [-0.15, -0.1) is 0 Å². The van der Waals surface area contributed by atoms with E-state index < -0.39 is 0 Å². The normalized spacial score (nSPS) is 17.5. The van der Waals surface area contributed by atoms with Gasteiger partial charge in [0, 0.05) is 36.9 Å². The molecule has 0 bridgehead atoms. The number of hydrogen-bond acceptors (Lipinski definition) is 6. The van der Waals surface area contributed by atoms with Crippen LogP contribution in [0.4, 0.5) is 5.69 Å². The zero-order valence-electron chi connectivity index (χ0n) is 15.3. The Kier molecular flexibility index (Phi) is 5.80. The number of ether oxygens (including phenoxy) is 1. The van der Waals surface area contributed by atoms with Gasteiger partial charge in [-0.3, -0.25) is 19.7 Å². The van der Waals surface area contributed by atoms with Gasteiger partial charge >= 0.3 is 0 Å². The van der Waals surface area contributed by atoms with Crippen LogP contribution in [-0.2, 0) is 16.1 Å². The molecule has 2 N–H and O–H groups in total. The van der Waals surface area contributed by atoms with E-state index in [4.69, 9.17) is 10.5 Å². The first kappa shape index (κ1) is 18.3. The predicted octanol–water partition coefficient (Wildman–Crippen LogP) is 1.40. The van der Waals surface area contributed by atoms with Crippen molar-refractivity contribution in [1.82, 2.24) is 19.8 Å². The Morgan fingerprint density at radius 3 is 3.04 bits per heavy atom. The molecule has 0 radical (unpaired) electrons. The van der Waals surface area contributed by atoms with Crippen molar-refractivity contribution in [2.24, 2.45) is 0 Å². The number of hydrogen-bond donors (Lipinski definition) is 1. The van der Waals surface area contributed by atoms with Gasteiger partial charge in [0.2, 0.25) is 5.91 Å². The Hall–Kier alpha value is -2.51. The Labute approximate surface area is 153 Å². The van der Waals surface area contributed by atoms with Gasteiger partial charge in [0.1, 0.15) is 6.10 Å². The standard InChI is InChI=1S/C19H25N5O2/c1-14-8-16(20)9-17(22-14)18-12-24(6-7-26-18)19(25)13-23(2)11-15-4-3-5-21-10-15/h3-5,8-10,18H,6-7,11-13H2,1-2H3,(H2,20,22)/t18-/m0/s1. The summed E-state index contributed by atoms with van der Waals surface area (Å²) in [6.45, 7) is 4.53. The number of carbonyl (C=O) groups is 1. The molecule has 0 unspecified atom stereocenters. The number of nitrogens with two attached hydrogens (primary N) is 1. The van der Waals surface area contributed by atoms with E-state index in [9.17, 15) is 4.79 Å². The molecule has 3 rings (SSSR count). The number of nitrogen functional groups attached to an aromatic ring is 1. The monoisotopic (exact) mass is 355 g/mol. The van der Waals surface area contributed by atoms with E-state index in [1.54, 1.807) is 6.20 Å². The second-order valence-corrected chi connectivity index (χ2v) is 6.70. The second kappa shape index (κ2) is 8.25. The van der Waals surface area contributed by atoms with E-state index in [1.165, 1.54) is 0 Å². The minimum Gasteiger partial charge on any atom is -0.399 e. The maximum Gasteiger partial charge on any atom is 0.236 e. The first-order valence-electron chi connectivity index (χ1n) is 8.72. The molecule has 138 valence electrons. The quantitative estimate of drug-likeness (QED) is 0.873. The van der Waals surface area contributed by atoms with Crippen LogP contribution in [0.1, 0.15) is 23.1 Å². The molecule has 1 fully saturated rings. The minimum absolute atomic E-state index is 0.0883. The van der Waals surface area contributed by atoms with Gasteiger partial charge in [0.15, 0.2) is 0 Å². The van der Waals surface area contributed by atoms with Crippen LogP contribution in [0.25, 0.3) is 0 Å². The third-order valence-electron chi connectivity index (χ3n) is 4.33. The number of aromatic nitrogens is 2. The van der Waals surface area contributed by atoms with E-state index in [0.29, 0.717) is 38.5 Å². The lowest BCUT2D eigenvalue weighted by Crippen LogP contribution is -2.46. The highest BCUT2D eigenvalue weighted by Gasteiger charge is 2.27. The number of aryl methyl sites for hydroxylation is 1. The van der Waals surface area contributed by atoms with Crippen molar-refractivity contribution < 1.29 is 9.53 Å². The van der Waals surface area contributed by atoms with Crippen LogP contribution in [-0.4, -0.2) is 59.0 Å². The lowest BCUT2D eigenvalue weighted by atomic mass is 10.1. The second-order valence-electron chi connectivity index (χ2n) is 6.70. The molecule has 0 saturated carbocycles. The minimum atomic E-state index is -0.237. The zero-order chi connectivity index (χ0) is 18.5. The highest BCUT2D eigenvalue weighted by molar-refractivity contribution is 5.78. The Bertz CT molecular complexity index is 733. The van der Waals surface area contributed by atoms with Crippen LogP contribution in [0.5, 0.6) is 0 Å².